The van der Waals surface area contributed by atoms with Gasteiger partial charge in [0.05, 0.1) is 11.4 Å². The van der Waals surface area contributed by atoms with Crippen molar-refractivity contribution in [3.63, 3.8) is 0 Å². The Morgan fingerprint density at radius 3 is 2.72 bits per heavy atom. The molecule has 0 spiro atoms. The summed E-state index contributed by atoms with van der Waals surface area (Å²) >= 11 is 0. The number of hydrogen-bond donors (Lipinski definition) is 1. The summed E-state index contributed by atoms with van der Waals surface area (Å²) in [6.45, 7) is 2.30. The van der Waals surface area contributed by atoms with Gasteiger partial charge in [0.2, 0.25) is 10.0 Å². The van der Waals surface area contributed by atoms with Crippen LogP contribution in [0.25, 0.3) is 0 Å². The zero-order valence-electron chi connectivity index (χ0n) is 13.8. The molecule has 25 heavy (non-hydrogen) atoms. The highest BCUT2D eigenvalue weighted by Crippen LogP contribution is 2.24. The molecule has 0 aliphatic carbocycles. The first-order chi connectivity index (χ1) is 11.9. The first-order valence-electron chi connectivity index (χ1n) is 8.00. The highest BCUT2D eigenvalue weighted by molar-refractivity contribution is 7.93. The maximum Gasteiger partial charge on any atom is 0.251 e. The molecule has 2 aromatic carbocycles. The normalized spacial score (nSPS) is 16.0. The standard InChI is InChI=1S/C18H19FN2O3S/c1-13-6-7-14(10-17(13)19)12-20-18(22)15-4-2-5-16(11-15)21-8-3-9-25(21,23)24/h2,4-7,10-11H,3,8-9,12H2,1H3,(H,20,22). The van der Waals surface area contributed by atoms with Crippen molar-refractivity contribution < 1.29 is 17.6 Å². The van der Waals surface area contributed by atoms with E-state index < -0.39 is 10.0 Å². The van der Waals surface area contributed by atoms with Crippen molar-refractivity contribution >= 4 is 21.6 Å². The fourth-order valence-electron chi connectivity index (χ4n) is 2.76. The molecule has 2 aromatic rings. The van der Waals surface area contributed by atoms with E-state index >= 15 is 0 Å². The maximum atomic E-state index is 13.5. The number of anilines is 1. The summed E-state index contributed by atoms with van der Waals surface area (Å²) < 4.78 is 38.9. The average Bonchev–Trinajstić information content (AvgIpc) is 2.95. The Morgan fingerprint density at radius 2 is 2.04 bits per heavy atom. The summed E-state index contributed by atoms with van der Waals surface area (Å²) in [5.74, 6) is -0.519. The van der Waals surface area contributed by atoms with Gasteiger partial charge in [0, 0.05) is 18.7 Å². The number of rotatable bonds is 4. The number of hydrogen-bond acceptors (Lipinski definition) is 3. The second-order valence-electron chi connectivity index (χ2n) is 6.06. The van der Waals surface area contributed by atoms with Gasteiger partial charge in [-0.15, -0.1) is 0 Å². The molecule has 1 heterocycles. The van der Waals surface area contributed by atoms with Crippen LogP contribution in [0.5, 0.6) is 0 Å². The molecule has 1 amide bonds. The number of carbonyl (C=O) groups excluding carboxylic acids is 1. The molecule has 1 aliphatic heterocycles. The molecule has 0 radical (unpaired) electrons. The molecule has 1 N–H and O–H groups in total. The summed E-state index contributed by atoms with van der Waals surface area (Å²) in [4.78, 5) is 12.3. The fraction of sp³-hybridized carbons (Fsp3) is 0.278. The van der Waals surface area contributed by atoms with Crippen molar-refractivity contribution in [3.8, 4) is 0 Å². The van der Waals surface area contributed by atoms with Crippen LogP contribution in [0, 0.1) is 12.7 Å². The van der Waals surface area contributed by atoms with Gasteiger partial charge in [0.15, 0.2) is 0 Å². The number of amides is 1. The Balaban J connectivity index is 1.72. The summed E-state index contributed by atoms with van der Waals surface area (Å²) in [5, 5.41) is 2.73. The summed E-state index contributed by atoms with van der Waals surface area (Å²) in [6.07, 6.45) is 0.581. The van der Waals surface area contributed by atoms with Gasteiger partial charge >= 0.3 is 0 Å². The lowest BCUT2D eigenvalue weighted by molar-refractivity contribution is 0.0951. The second-order valence-corrected chi connectivity index (χ2v) is 8.07. The van der Waals surface area contributed by atoms with E-state index in [9.17, 15) is 17.6 Å². The molecule has 0 aromatic heterocycles. The van der Waals surface area contributed by atoms with Gasteiger partial charge < -0.3 is 5.32 Å². The molecule has 132 valence electrons. The van der Waals surface area contributed by atoms with Gasteiger partial charge in [-0.3, -0.25) is 9.10 Å². The zero-order valence-corrected chi connectivity index (χ0v) is 14.6. The number of carbonyl (C=O) groups is 1. The van der Waals surface area contributed by atoms with Crippen LogP contribution in [-0.2, 0) is 16.6 Å². The van der Waals surface area contributed by atoms with E-state index in [0.717, 1.165) is 0 Å². The molecule has 0 unspecified atom stereocenters. The first-order valence-corrected chi connectivity index (χ1v) is 9.61. The lowest BCUT2D eigenvalue weighted by Crippen LogP contribution is -2.26. The molecule has 7 heteroatoms. The summed E-state index contributed by atoms with van der Waals surface area (Å²) in [5.41, 5.74) is 2.07. The maximum absolute atomic E-state index is 13.5. The van der Waals surface area contributed by atoms with Crippen LogP contribution < -0.4 is 9.62 Å². The average molecular weight is 362 g/mol. The van der Waals surface area contributed by atoms with E-state index in [4.69, 9.17) is 0 Å². The molecule has 1 fully saturated rings. The number of nitrogens with one attached hydrogen (secondary N) is 1. The van der Waals surface area contributed by atoms with E-state index in [1.165, 1.54) is 10.4 Å². The van der Waals surface area contributed by atoms with Crippen LogP contribution in [0.2, 0.25) is 0 Å². The van der Waals surface area contributed by atoms with Crippen LogP contribution in [0.3, 0.4) is 0 Å². The summed E-state index contributed by atoms with van der Waals surface area (Å²) in [7, 11) is -3.29. The molecule has 0 bridgehead atoms. The number of benzene rings is 2. The van der Waals surface area contributed by atoms with Crippen LogP contribution in [0.1, 0.15) is 27.9 Å². The molecular formula is C18H19FN2O3S. The molecule has 0 saturated carbocycles. The quantitative estimate of drug-likeness (QED) is 0.909. The van der Waals surface area contributed by atoms with Gasteiger partial charge in [-0.25, -0.2) is 12.8 Å². The SMILES string of the molecule is Cc1ccc(CNC(=O)c2cccc(N3CCCS3(=O)=O)c2)cc1F. The second kappa shape index (κ2) is 6.84. The Labute approximate surface area is 146 Å². The van der Waals surface area contributed by atoms with Crippen molar-refractivity contribution in [2.24, 2.45) is 0 Å². The van der Waals surface area contributed by atoms with E-state index in [0.29, 0.717) is 35.3 Å². The molecule has 3 rings (SSSR count). The molecular weight excluding hydrogens is 343 g/mol. The van der Waals surface area contributed by atoms with Gasteiger partial charge in [-0.1, -0.05) is 18.2 Å². The number of sulfonamides is 1. The van der Waals surface area contributed by atoms with Crippen molar-refractivity contribution in [2.75, 3.05) is 16.6 Å². The van der Waals surface area contributed by atoms with Gasteiger partial charge in [0.25, 0.3) is 5.91 Å². The Hall–Kier alpha value is -2.41. The number of nitrogens with zero attached hydrogens (tertiary/aromatic N) is 1. The Kier molecular flexibility index (Phi) is 4.76. The van der Waals surface area contributed by atoms with Crippen LogP contribution in [0.4, 0.5) is 10.1 Å². The smallest absolute Gasteiger partial charge is 0.251 e. The van der Waals surface area contributed by atoms with E-state index in [1.807, 2.05) is 0 Å². The van der Waals surface area contributed by atoms with Crippen LogP contribution in [0.15, 0.2) is 42.5 Å². The van der Waals surface area contributed by atoms with E-state index in [2.05, 4.69) is 5.32 Å². The molecule has 1 aliphatic rings. The van der Waals surface area contributed by atoms with Gasteiger partial charge in [-0.05, 0) is 48.7 Å². The largest absolute Gasteiger partial charge is 0.348 e. The van der Waals surface area contributed by atoms with Crippen molar-refractivity contribution in [1.82, 2.24) is 5.32 Å². The molecule has 5 nitrogen and oxygen atoms in total. The lowest BCUT2D eigenvalue weighted by atomic mass is 10.1. The van der Waals surface area contributed by atoms with Crippen LogP contribution in [-0.4, -0.2) is 26.6 Å². The van der Waals surface area contributed by atoms with Crippen molar-refractivity contribution in [2.45, 2.75) is 19.9 Å². The highest BCUT2D eigenvalue weighted by Gasteiger charge is 2.28. The summed E-state index contributed by atoms with van der Waals surface area (Å²) in [6, 6.07) is 11.3. The number of aryl methyl sites for hydroxylation is 1. The topological polar surface area (TPSA) is 66.5 Å². The lowest BCUT2D eigenvalue weighted by Gasteiger charge is -2.17. The third-order valence-corrected chi connectivity index (χ3v) is 6.05. The third kappa shape index (κ3) is 3.82. The monoisotopic (exact) mass is 362 g/mol. The molecule has 1 saturated heterocycles. The highest BCUT2D eigenvalue weighted by atomic mass is 32.2. The Morgan fingerprint density at radius 1 is 1.24 bits per heavy atom. The Bertz CT molecular complexity index is 912. The predicted molar refractivity (Wildman–Crippen MR) is 94.5 cm³/mol. The minimum absolute atomic E-state index is 0.127. The minimum Gasteiger partial charge on any atom is -0.348 e. The number of halogens is 1. The van der Waals surface area contributed by atoms with Gasteiger partial charge in [-0.2, -0.15) is 0 Å². The van der Waals surface area contributed by atoms with Crippen molar-refractivity contribution in [1.29, 1.82) is 0 Å². The minimum atomic E-state index is -3.29. The van der Waals surface area contributed by atoms with Crippen molar-refractivity contribution in [3.05, 3.63) is 65.0 Å². The first kappa shape index (κ1) is 17.4. The van der Waals surface area contributed by atoms with Crippen LogP contribution >= 0.6 is 0 Å². The fourth-order valence-corrected chi connectivity index (χ4v) is 4.32. The molecule has 0 atom stereocenters. The van der Waals surface area contributed by atoms with E-state index in [-0.39, 0.29) is 24.0 Å². The van der Waals surface area contributed by atoms with E-state index in [1.54, 1.807) is 43.3 Å². The third-order valence-electron chi connectivity index (χ3n) is 4.18. The van der Waals surface area contributed by atoms with Gasteiger partial charge in [0.1, 0.15) is 5.82 Å². The zero-order chi connectivity index (χ0) is 18.0. The predicted octanol–water partition coefficient (Wildman–Crippen LogP) is 2.60.